The van der Waals surface area contributed by atoms with Crippen LogP contribution in [-0.2, 0) is 16.1 Å². The predicted octanol–water partition coefficient (Wildman–Crippen LogP) is 3.81. The SMILES string of the molecule is CC(NC(=O)c1ccccc1)C(=O)OCc1cc(=O)oc2ccc3ccccc3c12. The quantitative estimate of drug-likeness (QED) is 0.312. The molecule has 6 heteroatoms. The highest BCUT2D eigenvalue weighted by Gasteiger charge is 2.19. The monoisotopic (exact) mass is 401 g/mol. The van der Waals surface area contributed by atoms with Crippen LogP contribution in [0.3, 0.4) is 0 Å². The first-order valence-corrected chi connectivity index (χ1v) is 9.50. The molecule has 0 saturated carbocycles. The summed E-state index contributed by atoms with van der Waals surface area (Å²) in [5.74, 6) is -0.960. The zero-order valence-electron chi connectivity index (χ0n) is 16.3. The molecule has 3 aromatic carbocycles. The van der Waals surface area contributed by atoms with Gasteiger partial charge >= 0.3 is 11.6 Å². The van der Waals surface area contributed by atoms with Crippen molar-refractivity contribution < 1.29 is 18.7 Å². The summed E-state index contributed by atoms with van der Waals surface area (Å²) in [7, 11) is 0. The zero-order chi connectivity index (χ0) is 21.1. The number of carbonyl (C=O) groups is 2. The van der Waals surface area contributed by atoms with E-state index >= 15 is 0 Å². The van der Waals surface area contributed by atoms with Crippen LogP contribution >= 0.6 is 0 Å². The fraction of sp³-hybridized carbons (Fsp3) is 0.125. The standard InChI is InChI=1S/C24H19NO5/c1-15(25-23(27)17-8-3-2-4-9-17)24(28)29-14-18-13-21(26)30-20-12-11-16-7-5-6-10-19(16)22(18)20/h2-13,15H,14H2,1H3,(H,25,27). The molecule has 0 fully saturated rings. The van der Waals surface area contributed by atoms with E-state index in [-0.39, 0.29) is 12.5 Å². The molecule has 4 aromatic rings. The van der Waals surface area contributed by atoms with Crippen LogP contribution in [0, 0.1) is 0 Å². The van der Waals surface area contributed by atoms with Gasteiger partial charge in [-0.1, -0.05) is 48.5 Å². The summed E-state index contributed by atoms with van der Waals surface area (Å²) in [6.45, 7) is 1.44. The Kier molecular flexibility index (Phi) is 5.30. The van der Waals surface area contributed by atoms with Gasteiger partial charge in [0.2, 0.25) is 0 Å². The lowest BCUT2D eigenvalue weighted by atomic mass is 10.0. The Morgan fingerprint density at radius 2 is 1.73 bits per heavy atom. The number of esters is 1. The zero-order valence-corrected chi connectivity index (χ0v) is 16.3. The van der Waals surface area contributed by atoms with E-state index in [9.17, 15) is 14.4 Å². The fourth-order valence-electron chi connectivity index (χ4n) is 3.34. The summed E-state index contributed by atoms with van der Waals surface area (Å²) in [6, 6.07) is 20.4. The van der Waals surface area contributed by atoms with Crippen LogP contribution in [0.5, 0.6) is 0 Å². The average molecular weight is 401 g/mol. The largest absolute Gasteiger partial charge is 0.459 e. The van der Waals surface area contributed by atoms with Gasteiger partial charge in [-0.25, -0.2) is 9.59 Å². The first-order valence-electron chi connectivity index (χ1n) is 9.50. The molecule has 150 valence electrons. The minimum atomic E-state index is -0.846. The molecule has 6 nitrogen and oxygen atoms in total. The summed E-state index contributed by atoms with van der Waals surface area (Å²) in [5.41, 5.74) is 0.912. The lowest BCUT2D eigenvalue weighted by Crippen LogP contribution is -2.39. The van der Waals surface area contributed by atoms with Crippen molar-refractivity contribution in [3.05, 3.63) is 94.3 Å². The molecule has 1 amide bonds. The number of hydrogen-bond acceptors (Lipinski definition) is 5. The molecule has 0 spiro atoms. The third kappa shape index (κ3) is 3.93. The van der Waals surface area contributed by atoms with E-state index in [4.69, 9.17) is 9.15 Å². The van der Waals surface area contributed by atoms with Crippen molar-refractivity contribution in [2.24, 2.45) is 0 Å². The molecule has 4 rings (SSSR count). The molecule has 1 unspecified atom stereocenters. The Morgan fingerprint density at radius 3 is 2.53 bits per heavy atom. The third-order valence-electron chi connectivity index (χ3n) is 4.82. The predicted molar refractivity (Wildman–Crippen MR) is 113 cm³/mol. The normalized spacial score (nSPS) is 11.9. The Bertz CT molecular complexity index is 1290. The smallest absolute Gasteiger partial charge is 0.336 e. The van der Waals surface area contributed by atoms with Gasteiger partial charge in [0.05, 0.1) is 0 Å². The molecule has 1 heterocycles. The Hall–Kier alpha value is -3.93. The minimum absolute atomic E-state index is 0.111. The average Bonchev–Trinajstić information content (AvgIpc) is 2.77. The molecule has 0 bridgehead atoms. The van der Waals surface area contributed by atoms with Crippen molar-refractivity contribution in [1.29, 1.82) is 0 Å². The molecule has 0 aliphatic carbocycles. The van der Waals surface area contributed by atoms with Crippen LogP contribution in [0.25, 0.3) is 21.7 Å². The lowest BCUT2D eigenvalue weighted by molar-refractivity contribution is -0.146. The second-order valence-electron chi connectivity index (χ2n) is 6.92. The van der Waals surface area contributed by atoms with Crippen molar-refractivity contribution in [1.82, 2.24) is 5.32 Å². The maximum absolute atomic E-state index is 12.4. The highest BCUT2D eigenvalue weighted by atomic mass is 16.5. The number of ether oxygens (including phenoxy) is 1. The molecule has 30 heavy (non-hydrogen) atoms. The summed E-state index contributed by atoms with van der Waals surface area (Å²) in [5, 5.41) is 5.22. The first-order chi connectivity index (χ1) is 14.5. The van der Waals surface area contributed by atoms with Gasteiger partial charge in [0.1, 0.15) is 18.2 Å². The number of carbonyl (C=O) groups excluding carboxylic acids is 2. The van der Waals surface area contributed by atoms with Crippen molar-refractivity contribution in [3.8, 4) is 0 Å². The molecule has 0 aliphatic rings. The van der Waals surface area contributed by atoms with Gasteiger partial charge in [0, 0.05) is 22.6 Å². The molecule has 0 saturated heterocycles. The van der Waals surface area contributed by atoms with Crippen molar-refractivity contribution in [2.45, 2.75) is 19.6 Å². The summed E-state index contributed by atoms with van der Waals surface area (Å²) in [6.07, 6.45) is 0. The van der Waals surface area contributed by atoms with Crippen LogP contribution in [0.1, 0.15) is 22.8 Å². The van der Waals surface area contributed by atoms with Gasteiger partial charge < -0.3 is 14.5 Å². The van der Waals surface area contributed by atoms with Gasteiger partial charge in [-0.2, -0.15) is 0 Å². The van der Waals surface area contributed by atoms with Gasteiger partial charge in [0.25, 0.3) is 5.91 Å². The molecule has 1 aromatic heterocycles. The minimum Gasteiger partial charge on any atom is -0.459 e. The van der Waals surface area contributed by atoms with E-state index in [1.807, 2.05) is 30.3 Å². The van der Waals surface area contributed by atoms with E-state index in [1.165, 1.54) is 6.07 Å². The van der Waals surface area contributed by atoms with E-state index in [0.717, 1.165) is 16.2 Å². The maximum atomic E-state index is 12.4. The number of benzene rings is 3. The topological polar surface area (TPSA) is 85.6 Å². The second-order valence-corrected chi connectivity index (χ2v) is 6.92. The summed E-state index contributed by atoms with van der Waals surface area (Å²) >= 11 is 0. The summed E-state index contributed by atoms with van der Waals surface area (Å²) in [4.78, 5) is 36.6. The number of hydrogen-bond donors (Lipinski definition) is 1. The molecular weight excluding hydrogens is 382 g/mol. The third-order valence-corrected chi connectivity index (χ3v) is 4.82. The van der Waals surface area contributed by atoms with Crippen LogP contribution in [0.2, 0.25) is 0 Å². The molecule has 1 atom stereocenters. The van der Waals surface area contributed by atoms with E-state index in [1.54, 1.807) is 43.3 Å². The fourth-order valence-corrected chi connectivity index (χ4v) is 3.34. The lowest BCUT2D eigenvalue weighted by Gasteiger charge is -2.14. The van der Waals surface area contributed by atoms with Crippen molar-refractivity contribution in [2.75, 3.05) is 0 Å². The number of amides is 1. The highest BCUT2D eigenvalue weighted by molar-refractivity contribution is 6.07. The molecule has 1 N–H and O–H groups in total. The van der Waals surface area contributed by atoms with Gasteiger partial charge in [-0.3, -0.25) is 4.79 Å². The summed E-state index contributed by atoms with van der Waals surface area (Å²) < 4.78 is 10.7. The van der Waals surface area contributed by atoms with E-state index < -0.39 is 17.6 Å². The van der Waals surface area contributed by atoms with Gasteiger partial charge in [-0.05, 0) is 35.9 Å². The van der Waals surface area contributed by atoms with Gasteiger partial charge in [-0.15, -0.1) is 0 Å². The molecule has 0 aliphatic heterocycles. The Labute approximate surface area is 172 Å². The van der Waals surface area contributed by atoms with E-state index in [2.05, 4.69) is 5.32 Å². The van der Waals surface area contributed by atoms with Gasteiger partial charge in [0.15, 0.2) is 0 Å². The van der Waals surface area contributed by atoms with Crippen LogP contribution < -0.4 is 10.9 Å². The van der Waals surface area contributed by atoms with Crippen molar-refractivity contribution in [3.63, 3.8) is 0 Å². The molecular formula is C24H19NO5. The first kappa shape index (κ1) is 19.4. The van der Waals surface area contributed by atoms with Crippen LogP contribution in [-0.4, -0.2) is 17.9 Å². The maximum Gasteiger partial charge on any atom is 0.336 e. The number of nitrogens with one attached hydrogen (secondary N) is 1. The second kappa shape index (κ2) is 8.21. The molecule has 0 radical (unpaired) electrons. The van der Waals surface area contributed by atoms with Crippen LogP contribution in [0.15, 0.2) is 82.0 Å². The Balaban J connectivity index is 1.54. The van der Waals surface area contributed by atoms with Crippen LogP contribution in [0.4, 0.5) is 0 Å². The van der Waals surface area contributed by atoms with E-state index in [0.29, 0.717) is 16.7 Å². The van der Waals surface area contributed by atoms with Crippen molar-refractivity contribution >= 4 is 33.6 Å². The highest BCUT2D eigenvalue weighted by Crippen LogP contribution is 2.27. The Morgan fingerprint density at radius 1 is 1.00 bits per heavy atom. The number of fused-ring (bicyclic) bond motifs is 3. The number of rotatable bonds is 5.